The molecule has 0 spiro atoms. The summed E-state index contributed by atoms with van der Waals surface area (Å²) in [5, 5.41) is 6.10. The van der Waals surface area contributed by atoms with Crippen molar-refractivity contribution in [3.8, 4) is 0 Å². The van der Waals surface area contributed by atoms with E-state index in [0.29, 0.717) is 0 Å². The number of rotatable bonds is 4. The van der Waals surface area contributed by atoms with E-state index in [0.717, 1.165) is 30.8 Å². The van der Waals surface area contributed by atoms with Gasteiger partial charge in [-0.25, -0.2) is 4.39 Å². The molecule has 0 bridgehead atoms. The molecule has 1 fully saturated rings. The lowest BCUT2D eigenvalue weighted by molar-refractivity contribution is -0.119. The van der Waals surface area contributed by atoms with E-state index in [1.807, 2.05) is 20.0 Å². The molecule has 2 atom stereocenters. The van der Waals surface area contributed by atoms with Gasteiger partial charge in [-0.3, -0.25) is 4.79 Å². The lowest BCUT2D eigenvalue weighted by Crippen LogP contribution is -2.35. The van der Waals surface area contributed by atoms with Crippen LogP contribution < -0.4 is 15.5 Å². The topological polar surface area (TPSA) is 44.4 Å². The molecule has 0 saturated carbocycles. The number of anilines is 1. The second kappa shape index (κ2) is 6.22. The minimum Gasteiger partial charge on any atom is -0.369 e. The summed E-state index contributed by atoms with van der Waals surface area (Å²) < 4.78 is 13.5. The maximum atomic E-state index is 13.5. The van der Waals surface area contributed by atoms with Crippen molar-refractivity contribution in [1.29, 1.82) is 0 Å². The molecule has 1 aromatic rings. The third-order valence-electron chi connectivity index (χ3n) is 3.83. The number of carbonyl (C=O) groups is 1. The van der Waals surface area contributed by atoms with Gasteiger partial charge in [-0.15, -0.1) is 0 Å². The standard InChI is InChI=1S/C15H22FN3O/c1-10(17-3)14-8-12(16)4-5-15(14)19-7-6-13(9-19)18-11(2)20/h4-5,8,10,13,17H,6-7,9H2,1-3H3,(H,18,20). The molecule has 2 N–H and O–H groups in total. The molecule has 20 heavy (non-hydrogen) atoms. The molecule has 110 valence electrons. The summed E-state index contributed by atoms with van der Waals surface area (Å²) in [5.74, 6) is -0.219. The van der Waals surface area contributed by atoms with Gasteiger partial charge in [0.1, 0.15) is 5.82 Å². The fourth-order valence-electron chi connectivity index (χ4n) is 2.70. The molecule has 0 radical (unpaired) electrons. The average Bonchev–Trinajstić information content (AvgIpc) is 2.85. The van der Waals surface area contributed by atoms with Gasteiger partial charge in [-0.1, -0.05) is 0 Å². The smallest absolute Gasteiger partial charge is 0.217 e. The lowest BCUT2D eigenvalue weighted by atomic mass is 10.1. The van der Waals surface area contributed by atoms with Crippen molar-refractivity contribution < 1.29 is 9.18 Å². The highest BCUT2D eigenvalue weighted by atomic mass is 19.1. The van der Waals surface area contributed by atoms with Crippen LogP contribution in [0.1, 0.15) is 31.9 Å². The number of halogens is 1. The quantitative estimate of drug-likeness (QED) is 0.883. The normalized spacial score (nSPS) is 20.0. The second-order valence-corrected chi connectivity index (χ2v) is 5.35. The Morgan fingerprint density at radius 2 is 2.25 bits per heavy atom. The first-order chi connectivity index (χ1) is 9.51. The van der Waals surface area contributed by atoms with Crippen molar-refractivity contribution >= 4 is 11.6 Å². The minimum absolute atomic E-state index is 0.000211. The van der Waals surface area contributed by atoms with Crippen molar-refractivity contribution in [3.05, 3.63) is 29.6 Å². The zero-order valence-electron chi connectivity index (χ0n) is 12.2. The Balaban J connectivity index is 2.19. The van der Waals surface area contributed by atoms with Gasteiger partial charge in [-0.05, 0) is 44.2 Å². The van der Waals surface area contributed by atoms with Gasteiger partial charge < -0.3 is 15.5 Å². The van der Waals surface area contributed by atoms with Crippen LogP contribution in [-0.2, 0) is 4.79 Å². The van der Waals surface area contributed by atoms with Gasteiger partial charge in [0.15, 0.2) is 0 Å². The number of nitrogens with zero attached hydrogens (tertiary/aromatic N) is 1. The molecule has 1 aromatic carbocycles. The maximum Gasteiger partial charge on any atom is 0.217 e. The number of nitrogens with one attached hydrogen (secondary N) is 2. The summed E-state index contributed by atoms with van der Waals surface area (Å²) in [4.78, 5) is 13.3. The molecular formula is C15H22FN3O. The second-order valence-electron chi connectivity index (χ2n) is 5.35. The Kier molecular flexibility index (Phi) is 4.60. The van der Waals surface area contributed by atoms with Crippen LogP contribution in [0.4, 0.5) is 10.1 Å². The van der Waals surface area contributed by atoms with Crippen molar-refractivity contribution in [1.82, 2.24) is 10.6 Å². The third-order valence-corrected chi connectivity index (χ3v) is 3.83. The maximum absolute atomic E-state index is 13.5. The first-order valence-corrected chi connectivity index (χ1v) is 7.00. The van der Waals surface area contributed by atoms with Crippen LogP contribution in [-0.4, -0.2) is 32.1 Å². The molecule has 1 aliphatic rings. The average molecular weight is 279 g/mol. The highest BCUT2D eigenvalue weighted by molar-refractivity contribution is 5.73. The molecule has 4 nitrogen and oxygen atoms in total. The number of hydrogen-bond acceptors (Lipinski definition) is 3. The minimum atomic E-state index is -0.219. The fraction of sp³-hybridized carbons (Fsp3) is 0.533. The number of carbonyl (C=O) groups excluding carboxylic acids is 1. The van der Waals surface area contributed by atoms with E-state index in [1.54, 1.807) is 6.07 Å². The van der Waals surface area contributed by atoms with Gasteiger partial charge in [0.25, 0.3) is 0 Å². The van der Waals surface area contributed by atoms with Crippen LogP contribution in [0, 0.1) is 5.82 Å². The van der Waals surface area contributed by atoms with Crippen LogP contribution in [0.15, 0.2) is 18.2 Å². The Hall–Kier alpha value is -1.62. The molecule has 2 rings (SSSR count). The first-order valence-electron chi connectivity index (χ1n) is 7.00. The van der Waals surface area contributed by atoms with Crippen molar-refractivity contribution in [2.75, 3.05) is 25.0 Å². The summed E-state index contributed by atoms with van der Waals surface area (Å²) in [6.45, 7) is 5.20. The van der Waals surface area contributed by atoms with E-state index in [2.05, 4.69) is 15.5 Å². The highest BCUT2D eigenvalue weighted by Crippen LogP contribution is 2.29. The molecule has 0 aromatic heterocycles. The van der Waals surface area contributed by atoms with E-state index in [9.17, 15) is 9.18 Å². The largest absolute Gasteiger partial charge is 0.369 e. The zero-order valence-corrected chi connectivity index (χ0v) is 12.2. The SMILES string of the molecule is CNC(C)c1cc(F)ccc1N1CCC(NC(C)=O)C1. The first kappa shape index (κ1) is 14.8. The van der Waals surface area contributed by atoms with Crippen molar-refractivity contribution in [2.24, 2.45) is 0 Å². The van der Waals surface area contributed by atoms with E-state index in [1.165, 1.54) is 13.0 Å². The number of benzene rings is 1. The predicted molar refractivity (Wildman–Crippen MR) is 78.3 cm³/mol. The molecule has 5 heteroatoms. The van der Waals surface area contributed by atoms with Gasteiger partial charge in [0.2, 0.25) is 5.91 Å². The van der Waals surface area contributed by atoms with Crippen LogP contribution in [0.3, 0.4) is 0 Å². The molecule has 2 unspecified atom stereocenters. The zero-order chi connectivity index (χ0) is 14.7. The van der Waals surface area contributed by atoms with Crippen LogP contribution in [0.2, 0.25) is 0 Å². The Morgan fingerprint density at radius 1 is 1.50 bits per heavy atom. The summed E-state index contributed by atoms with van der Waals surface area (Å²) >= 11 is 0. The van der Waals surface area contributed by atoms with Gasteiger partial charge in [0, 0.05) is 37.8 Å². The Morgan fingerprint density at radius 3 is 2.90 bits per heavy atom. The van der Waals surface area contributed by atoms with Gasteiger partial charge in [0.05, 0.1) is 0 Å². The van der Waals surface area contributed by atoms with Crippen molar-refractivity contribution in [2.45, 2.75) is 32.4 Å². The van der Waals surface area contributed by atoms with Crippen molar-refractivity contribution in [3.63, 3.8) is 0 Å². The van der Waals surface area contributed by atoms with E-state index < -0.39 is 0 Å². The Labute approximate surface area is 119 Å². The lowest BCUT2D eigenvalue weighted by Gasteiger charge is -2.25. The summed E-state index contributed by atoms with van der Waals surface area (Å²) in [7, 11) is 1.86. The predicted octanol–water partition coefficient (Wildman–Crippen LogP) is 1.82. The van der Waals surface area contributed by atoms with E-state index in [4.69, 9.17) is 0 Å². The molecule has 1 amide bonds. The fourth-order valence-corrected chi connectivity index (χ4v) is 2.70. The van der Waals surface area contributed by atoms with Crippen LogP contribution >= 0.6 is 0 Å². The molecule has 1 heterocycles. The molecule has 1 saturated heterocycles. The van der Waals surface area contributed by atoms with Gasteiger partial charge >= 0.3 is 0 Å². The Bertz CT molecular complexity index is 492. The number of amides is 1. The van der Waals surface area contributed by atoms with Crippen LogP contribution in [0.25, 0.3) is 0 Å². The summed E-state index contributed by atoms with van der Waals surface area (Å²) in [6.07, 6.45) is 0.921. The van der Waals surface area contributed by atoms with E-state index >= 15 is 0 Å². The summed E-state index contributed by atoms with van der Waals surface area (Å²) in [6, 6.07) is 5.17. The molecule has 0 aliphatic carbocycles. The summed E-state index contributed by atoms with van der Waals surface area (Å²) in [5.41, 5.74) is 2.00. The van der Waals surface area contributed by atoms with E-state index in [-0.39, 0.29) is 23.8 Å². The number of hydrogen-bond donors (Lipinski definition) is 2. The molecule has 1 aliphatic heterocycles. The van der Waals surface area contributed by atoms with Gasteiger partial charge in [-0.2, -0.15) is 0 Å². The van der Waals surface area contributed by atoms with Crippen LogP contribution in [0.5, 0.6) is 0 Å². The highest BCUT2D eigenvalue weighted by Gasteiger charge is 2.25. The monoisotopic (exact) mass is 279 g/mol. The molecular weight excluding hydrogens is 257 g/mol. The third kappa shape index (κ3) is 3.28.